The lowest BCUT2D eigenvalue weighted by Crippen LogP contribution is -2.28. The zero-order chi connectivity index (χ0) is 11.5. The second-order valence-electron chi connectivity index (χ2n) is 3.72. The normalized spacial score (nSPS) is 17.4. The number of pyridine rings is 1. The first-order valence-electron chi connectivity index (χ1n) is 5.12. The van der Waals surface area contributed by atoms with E-state index in [4.69, 9.17) is 10.5 Å². The maximum Gasteiger partial charge on any atom is 0.168 e. The van der Waals surface area contributed by atoms with Crippen LogP contribution in [0, 0.1) is 11.6 Å². The summed E-state index contributed by atoms with van der Waals surface area (Å²) in [6, 6.07) is 0.838. The maximum atomic E-state index is 13.3. The molecule has 2 heterocycles. The number of hydrogen-bond donors (Lipinski definition) is 2. The quantitative estimate of drug-likeness (QED) is 0.807. The van der Waals surface area contributed by atoms with E-state index in [9.17, 15) is 8.78 Å². The molecule has 16 heavy (non-hydrogen) atoms. The third kappa shape index (κ3) is 2.38. The van der Waals surface area contributed by atoms with Crippen molar-refractivity contribution < 1.29 is 13.5 Å². The smallest absolute Gasteiger partial charge is 0.168 e. The molecule has 0 amide bonds. The monoisotopic (exact) mass is 229 g/mol. The molecule has 3 N–H and O–H groups in total. The van der Waals surface area contributed by atoms with Crippen LogP contribution in [-0.4, -0.2) is 24.2 Å². The van der Waals surface area contributed by atoms with Crippen molar-refractivity contribution in [1.82, 2.24) is 4.98 Å². The van der Waals surface area contributed by atoms with Gasteiger partial charge in [0, 0.05) is 25.3 Å². The molecule has 1 fully saturated rings. The average Bonchev–Trinajstić information content (AvgIpc) is 2.27. The SMILES string of the molecule is Nc1nc(NC2CCOCC2)c(F)cc1F. The van der Waals surface area contributed by atoms with E-state index in [2.05, 4.69) is 10.3 Å². The molecule has 0 spiro atoms. The van der Waals surface area contributed by atoms with Gasteiger partial charge in [0.25, 0.3) is 0 Å². The predicted octanol–water partition coefficient (Wildman–Crippen LogP) is 1.53. The van der Waals surface area contributed by atoms with Crippen molar-refractivity contribution in [2.45, 2.75) is 18.9 Å². The van der Waals surface area contributed by atoms with Crippen LogP contribution in [-0.2, 0) is 4.74 Å². The third-order valence-corrected chi connectivity index (χ3v) is 2.52. The van der Waals surface area contributed by atoms with Gasteiger partial charge in [0.2, 0.25) is 0 Å². The Hall–Kier alpha value is -1.43. The van der Waals surface area contributed by atoms with Crippen molar-refractivity contribution in [3.05, 3.63) is 17.7 Å². The molecule has 0 aromatic carbocycles. The molecule has 4 nitrogen and oxygen atoms in total. The van der Waals surface area contributed by atoms with E-state index >= 15 is 0 Å². The average molecular weight is 229 g/mol. The number of nitrogens with one attached hydrogen (secondary N) is 1. The first-order valence-corrected chi connectivity index (χ1v) is 5.12. The van der Waals surface area contributed by atoms with Gasteiger partial charge in [-0.1, -0.05) is 0 Å². The standard InChI is InChI=1S/C10H13F2N3O/c11-7-5-8(12)10(15-9(7)13)14-6-1-3-16-4-2-6/h5-6H,1-4H2,(H3,13,14,15). The zero-order valence-electron chi connectivity index (χ0n) is 8.67. The van der Waals surface area contributed by atoms with Crippen LogP contribution in [0.3, 0.4) is 0 Å². The number of halogens is 2. The molecule has 0 unspecified atom stereocenters. The number of hydrogen-bond acceptors (Lipinski definition) is 4. The van der Waals surface area contributed by atoms with Crippen LogP contribution in [0.15, 0.2) is 6.07 Å². The number of aromatic nitrogens is 1. The molecule has 0 bridgehead atoms. The molecule has 0 aliphatic carbocycles. The Morgan fingerprint density at radius 1 is 1.31 bits per heavy atom. The van der Waals surface area contributed by atoms with Crippen molar-refractivity contribution in [3.8, 4) is 0 Å². The highest BCUT2D eigenvalue weighted by Crippen LogP contribution is 2.19. The second-order valence-corrected chi connectivity index (χ2v) is 3.72. The fourth-order valence-electron chi connectivity index (χ4n) is 1.62. The summed E-state index contributed by atoms with van der Waals surface area (Å²) in [5, 5.41) is 2.90. The van der Waals surface area contributed by atoms with Gasteiger partial charge >= 0.3 is 0 Å². The molecule has 1 saturated heterocycles. The first-order chi connectivity index (χ1) is 7.66. The second kappa shape index (κ2) is 4.61. The summed E-state index contributed by atoms with van der Waals surface area (Å²) >= 11 is 0. The molecule has 6 heteroatoms. The largest absolute Gasteiger partial charge is 0.381 e. The summed E-state index contributed by atoms with van der Waals surface area (Å²) in [4.78, 5) is 3.64. The van der Waals surface area contributed by atoms with Gasteiger partial charge in [-0.25, -0.2) is 13.8 Å². The van der Waals surface area contributed by atoms with Crippen molar-refractivity contribution in [2.24, 2.45) is 0 Å². The summed E-state index contributed by atoms with van der Waals surface area (Å²) in [5.41, 5.74) is 5.28. The molecule has 0 atom stereocenters. The fourth-order valence-corrected chi connectivity index (χ4v) is 1.62. The van der Waals surface area contributed by atoms with E-state index in [1.54, 1.807) is 0 Å². The number of nitrogens with zero attached hydrogens (tertiary/aromatic N) is 1. The number of ether oxygens (including phenoxy) is 1. The Balaban J connectivity index is 2.11. The van der Waals surface area contributed by atoms with E-state index in [1.165, 1.54) is 0 Å². The van der Waals surface area contributed by atoms with Gasteiger partial charge in [-0.05, 0) is 12.8 Å². The van der Waals surface area contributed by atoms with Gasteiger partial charge in [0.15, 0.2) is 23.3 Å². The van der Waals surface area contributed by atoms with Gasteiger partial charge in [0.1, 0.15) is 0 Å². The van der Waals surface area contributed by atoms with E-state index in [0.29, 0.717) is 13.2 Å². The van der Waals surface area contributed by atoms with Crippen molar-refractivity contribution in [1.29, 1.82) is 0 Å². The Bertz CT molecular complexity index is 381. The van der Waals surface area contributed by atoms with E-state index in [0.717, 1.165) is 18.9 Å². The highest BCUT2D eigenvalue weighted by atomic mass is 19.1. The van der Waals surface area contributed by atoms with E-state index in [-0.39, 0.29) is 17.7 Å². The van der Waals surface area contributed by atoms with Crippen LogP contribution in [0.5, 0.6) is 0 Å². The van der Waals surface area contributed by atoms with E-state index in [1.807, 2.05) is 0 Å². The molecule has 2 rings (SSSR count). The van der Waals surface area contributed by atoms with Crippen LogP contribution in [0.1, 0.15) is 12.8 Å². The Labute approximate surface area is 91.8 Å². The molecule has 0 radical (unpaired) electrons. The van der Waals surface area contributed by atoms with Gasteiger partial charge in [0.05, 0.1) is 0 Å². The lowest BCUT2D eigenvalue weighted by atomic mass is 10.1. The van der Waals surface area contributed by atoms with Crippen LogP contribution in [0.25, 0.3) is 0 Å². The molecule has 1 aromatic rings. The Morgan fingerprint density at radius 2 is 2.00 bits per heavy atom. The topological polar surface area (TPSA) is 60.2 Å². The number of nitrogens with two attached hydrogens (primary N) is 1. The molecule has 1 aliphatic rings. The lowest BCUT2D eigenvalue weighted by molar-refractivity contribution is 0.0903. The summed E-state index contributed by atoms with van der Waals surface area (Å²) in [6.45, 7) is 1.27. The highest BCUT2D eigenvalue weighted by molar-refractivity contribution is 5.45. The minimum absolute atomic E-state index is 0.00537. The van der Waals surface area contributed by atoms with Crippen molar-refractivity contribution >= 4 is 11.6 Å². The summed E-state index contributed by atoms with van der Waals surface area (Å²) < 4.78 is 31.4. The van der Waals surface area contributed by atoms with E-state index < -0.39 is 11.6 Å². The molecule has 1 aromatic heterocycles. The third-order valence-electron chi connectivity index (χ3n) is 2.52. The molecular formula is C10H13F2N3O. The van der Waals surface area contributed by atoms with Gasteiger partial charge < -0.3 is 15.8 Å². The van der Waals surface area contributed by atoms with Crippen LogP contribution >= 0.6 is 0 Å². The van der Waals surface area contributed by atoms with Gasteiger partial charge in [-0.2, -0.15) is 0 Å². The molecular weight excluding hydrogens is 216 g/mol. The zero-order valence-corrected chi connectivity index (χ0v) is 8.67. The van der Waals surface area contributed by atoms with Crippen LogP contribution < -0.4 is 11.1 Å². The summed E-state index contributed by atoms with van der Waals surface area (Å²) in [5.74, 6) is -1.85. The lowest BCUT2D eigenvalue weighted by Gasteiger charge is -2.23. The molecule has 1 aliphatic heterocycles. The number of anilines is 2. The fraction of sp³-hybridized carbons (Fsp3) is 0.500. The summed E-state index contributed by atoms with van der Waals surface area (Å²) in [6.07, 6.45) is 1.55. The highest BCUT2D eigenvalue weighted by Gasteiger charge is 2.17. The van der Waals surface area contributed by atoms with Crippen LogP contribution in [0.2, 0.25) is 0 Å². The minimum atomic E-state index is -0.838. The Kier molecular flexibility index (Phi) is 3.19. The van der Waals surface area contributed by atoms with Gasteiger partial charge in [-0.3, -0.25) is 0 Å². The molecule has 0 saturated carbocycles. The van der Waals surface area contributed by atoms with Crippen molar-refractivity contribution in [3.63, 3.8) is 0 Å². The van der Waals surface area contributed by atoms with Crippen LogP contribution in [0.4, 0.5) is 20.4 Å². The number of nitrogen functional groups attached to an aromatic ring is 1. The maximum absolute atomic E-state index is 13.3. The molecule has 88 valence electrons. The predicted molar refractivity (Wildman–Crippen MR) is 56.0 cm³/mol. The first kappa shape index (κ1) is 11.1. The Morgan fingerprint density at radius 3 is 2.69 bits per heavy atom. The van der Waals surface area contributed by atoms with Gasteiger partial charge in [-0.15, -0.1) is 0 Å². The number of rotatable bonds is 2. The minimum Gasteiger partial charge on any atom is -0.381 e. The summed E-state index contributed by atoms with van der Waals surface area (Å²) in [7, 11) is 0. The van der Waals surface area contributed by atoms with Crippen molar-refractivity contribution in [2.75, 3.05) is 24.3 Å².